The van der Waals surface area contributed by atoms with Crippen LogP contribution in [0.25, 0.3) is 21.5 Å². The van der Waals surface area contributed by atoms with Crippen molar-refractivity contribution in [2.24, 2.45) is 0 Å². The number of benzene rings is 3. The van der Waals surface area contributed by atoms with Crippen molar-refractivity contribution in [3.05, 3.63) is 93.0 Å². The van der Waals surface area contributed by atoms with Crippen LogP contribution in [0.3, 0.4) is 0 Å². The molecule has 5 aromatic rings. The molecule has 2 aromatic heterocycles. The van der Waals surface area contributed by atoms with Crippen molar-refractivity contribution in [2.45, 2.75) is 25.4 Å². The highest BCUT2D eigenvalue weighted by Gasteiger charge is 2.28. The Kier molecular flexibility index (Phi) is 8.73. The number of piperazine rings is 1. The summed E-state index contributed by atoms with van der Waals surface area (Å²) in [5, 5.41) is 9.35. The molecule has 7 rings (SSSR count). The van der Waals surface area contributed by atoms with Gasteiger partial charge in [0.05, 0.1) is 39.2 Å². The van der Waals surface area contributed by atoms with Gasteiger partial charge in [0, 0.05) is 56.0 Å². The molecular formula is C33H31BrF2N8O2S. The van der Waals surface area contributed by atoms with Crippen LogP contribution in [0.5, 0.6) is 0 Å². The number of carbonyl (C=O) groups is 2. The molecule has 0 radical (unpaired) electrons. The number of hydrogen-bond acceptors (Lipinski definition) is 8. The van der Waals surface area contributed by atoms with Gasteiger partial charge >= 0.3 is 0 Å². The van der Waals surface area contributed by atoms with E-state index in [2.05, 4.69) is 37.2 Å². The molecule has 3 aromatic carbocycles. The van der Waals surface area contributed by atoms with Gasteiger partial charge in [-0.1, -0.05) is 23.4 Å². The number of hydrogen-bond donors (Lipinski definition) is 1. The molecule has 242 valence electrons. The number of likely N-dealkylation sites (tertiary alicyclic amines) is 1. The molecule has 2 aliphatic heterocycles. The molecule has 0 aliphatic carbocycles. The number of nitrogens with two attached hydrogens (primary N) is 1. The van der Waals surface area contributed by atoms with Gasteiger partial charge in [0.1, 0.15) is 16.5 Å². The third-order valence-corrected chi connectivity index (χ3v) is 10.6. The average Bonchev–Trinajstić information content (AvgIpc) is 3.76. The second kappa shape index (κ2) is 13.1. The monoisotopic (exact) mass is 720 g/mol. The third kappa shape index (κ3) is 6.36. The second-order valence-electron chi connectivity index (χ2n) is 11.8. The fraction of sp³-hybridized carbons (Fsp3) is 0.303. The normalized spacial score (nSPS) is 16.2. The van der Waals surface area contributed by atoms with E-state index in [4.69, 9.17) is 10.7 Å². The maximum atomic E-state index is 14.3. The van der Waals surface area contributed by atoms with Crippen molar-refractivity contribution >= 4 is 55.0 Å². The Morgan fingerprint density at radius 1 is 0.915 bits per heavy atom. The number of fused-ring (bicyclic) bond motifs is 1. The number of anilines is 1. The van der Waals surface area contributed by atoms with E-state index >= 15 is 0 Å². The van der Waals surface area contributed by atoms with Crippen LogP contribution in [-0.2, 0) is 6.54 Å². The van der Waals surface area contributed by atoms with Crippen molar-refractivity contribution in [1.82, 2.24) is 34.7 Å². The summed E-state index contributed by atoms with van der Waals surface area (Å²) in [5.74, 6) is -1.87. The summed E-state index contributed by atoms with van der Waals surface area (Å²) in [6, 6.07) is 16.2. The number of halogens is 3. The first-order chi connectivity index (χ1) is 22.7. The molecule has 0 atom stereocenters. The summed E-state index contributed by atoms with van der Waals surface area (Å²) in [6.07, 6.45) is 2.86. The Bertz CT molecular complexity index is 1930. The molecule has 2 saturated heterocycles. The quantitative estimate of drug-likeness (QED) is 0.179. The van der Waals surface area contributed by atoms with Gasteiger partial charge in [0.2, 0.25) is 0 Å². The fourth-order valence-electron chi connectivity index (χ4n) is 6.17. The van der Waals surface area contributed by atoms with Crippen LogP contribution >= 0.6 is 27.3 Å². The Labute approximate surface area is 281 Å². The van der Waals surface area contributed by atoms with Gasteiger partial charge < -0.3 is 15.5 Å². The van der Waals surface area contributed by atoms with Gasteiger partial charge in [-0.25, -0.2) is 18.4 Å². The Morgan fingerprint density at radius 3 is 2.30 bits per heavy atom. The van der Waals surface area contributed by atoms with E-state index in [9.17, 15) is 18.4 Å². The number of carbonyl (C=O) groups excluding carboxylic acids is 2. The van der Waals surface area contributed by atoms with Crippen molar-refractivity contribution in [3.8, 4) is 11.3 Å². The van der Waals surface area contributed by atoms with E-state index in [0.717, 1.165) is 36.2 Å². The largest absolute Gasteiger partial charge is 0.396 e. The van der Waals surface area contributed by atoms with Gasteiger partial charge in [0.25, 0.3) is 11.8 Å². The summed E-state index contributed by atoms with van der Waals surface area (Å²) in [5.41, 5.74) is 8.05. The number of nitrogen functional groups attached to an aromatic ring is 1. The van der Waals surface area contributed by atoms with Gasteiger partial charge in [-0.3, -0.25) is 14.5 Å². The first-order valence-electron chi connectivity index (χ1n) is 15.4. The lowest BCUT2D eigenvalue weighted by molar-refractivity contribution is 0.0628. The van der Waals surface area contributed by atoms with Crippen LogP contribution in [0.1, 0.15) is 44.6 Å². The standard InChI is InChI=1S/C33H31BrF2N8O2S/c34-29-24(35)17-23(31(37)30(29)36)26-18-44(40-39-26)22-8-10-42(11-9-22)32(45)20-4-3-5-21(16-20)33(46)43-14-12-41(13-15-43)19-28-38-25-6-1-2-7-27(25)47-28/h1-7,16-18,22H,8-15,19,37H2. The van der Waals surface area contributed by atoms with E-state index in [-0.39, 0.29) is 39.3 Å². The number of rotatable bonds is 6. The Balaban J connectivity index is 0.936. The molecule has 0 bridgehead atoms. The zero-order valence-corrected chi connectivity index (χ0v) is 27.7. The lowest BCUT2D eigenvalue weighted by Gasteiger charge is -2.34. The van der Waals surface area contributed by atoms with Crippen LogP contribution in [0.4, 0.5) is 14.5 Å². The molecule has 0 saturated carbocycles. The summed E-state index contributed by atoms with van der Waals surface area (Å²) in [4.78, 5) is 37.6. The first-order valence-corrected chi connectivity index (χ1v) is 17.0. The SMILES string of the molecule is Nc1c(-c2cn(C3CCN(C(=O)c4cccc(C(=O)N5CCN(Cc6nc7ccccc7s6)CC5)c4)CC3)nn2)cc(F)c(Br)c1F. The Hall–Kier alpha value is -4.27. The number of nitrogens with zero attached hydrogens (tertiary/aromatic N) is 7. The smallest absolute Gasteiger partial charge is 0.253 e. The fourth-order valence-corrected chi connectivity index (χ4v) is 7.51. The third-order valence-electron chi connectivity index (χ3n) is 8.83. The van der Waals surface area contributed by atoms with Crippen molar-refractivity contribution in [3.63, 3.8) is 0 Å². The molecule has 14 heteroatoms. The molecule has 2 amide bonds. The number of piperidine rings is 1. The predicted octanol–water partition coefficient (Wildman–Crippen LogP) is 5.61. The molecule has 2 N–H and O–H groups in total. The number of aromatic nitrogens is 4. The minimum atomic E-state index is -0.883. The van der Waals surface area contributed by atoms with Crippen molar-refractivity contribution in [2.75, 3.05) is 45.0 Å². The summed E-state index contributed by atoms with van der Waals surface area (Å²) >= 11 is 4.56. The average molecular weight is 722 g/mol. The summed E-state index contributed by atoms with van der Waals surface area (Å²) in [6.45, 7) is 4.46. The highest BCUT2D eigenvalue weighted by Crippen LogP contribution is 2.34. The van der Waals surface area contributed by atoms with E-state index < -0.39 is 11.6 Å². The van der Waals surface area contributed by atoms with Gasteiger partial charge in [-0.05, 0) is 65.2 Å². The minimum absolute atomic E-state index is 0.0482. The zero-order valence-electron chi connectivity index (χ0n) is 25.3. The topological polar surface area (TPSA) is 113 Å². The van der Waals surface area contributed by atoms with E-state index in [0.29, 0.717) is 50.1 Å². The lowest BCUT2D eigenvalue weighted by atomic mass is 10.0. The maximum Gasteiger partial charge on any atom is 0.253 e. The molecule has 2 fully saturated rings. The summed E-state index contributed by atoms with van der Waals surface area (Å²) in [7, 11) is 0. The minimum Gasteiger partial charge on any atom is -0.396 e. The molecule has 0 spiro atoms. The summed E-state index contributed by atoms with van der Waals surface area (Å²) < 4.78 is 31.0. The van der Waals surface area contributed by atoms with Crippen LogP contribution in [0.15, 0.2) is 65.3 Å². The maximum absolute atomic E-state index is 14.3. The van der Waals surface area contributed by atoms with Gasteiger partial charge in [-0.2, -0.15) is 0 Å². The zero-order chi connectivity index (χ0) is 32.7. The van der Waals surface area contributed by atoms with Gasteiger partial charge in [0.15, 0.2) is 5.82 Å². The number of para-hydroxylation sites is 1. The van der Waals surface area contributed by atoms with Crippen molar-refractivity contribution < 1.29 is 18.4 Å². The molecule has 4 heterocycles. The first kappa shape index (κ1) is 31.3. The second-order valence-corrected chi connectivity index (χ2v) is 13.7. The van der Waals surface area contributed by atoms with E-state index in [1.165, 1.54) is 4.70 Å². The van der Waals surface area contributed by atoms with E-state index in [1.807, 2.05) is 23.1 Å². The van der Waals surface area contributed by atoms with Crippen molar-refractivity contribution in [1.29, 1.82) is 0 Å². The van der Waals surface area contributed by atoms with Crippen LogP contribution < -0.4 is 5.73 Å². The molecule has 10 nitrogen and oxygen atoms in total. The Morgan fingerprint density at radius 2 is 1.60 bits per heavy atom. The number of amides is 2. The molecule has 0 unspecified atom stereocenters. The highest BCUT2D eigenvalue weighted by atomic mass is 79.9. The highest BCUT2D eigenvalue weighted by molar-refractivity contribution is 9.10. The molecule has 2 aliphatic rings. The van der Waals surface area contributed by atoms with Crippen LogP contribution in [-0.4, -0.2) is 85.8 Å². The van der Waals surface area contributed by atoms with Crippen LogP contribution in [0.2, 0.25) is 0 Å². The van der Waals surface area contributed by atoms with E-state index in [1.54, 1.807) is 51.4 Å². The van der Waals surface area contributed by atoms with Crippen LogP contribution in [0, 0.1) is 11.6 Å². The lowest BCUT2D eigenvalue weighted by Crippen LogP contribution is -2.48. The molecular weight excluding hydrogens is 690 g/mol. The van der Waals surface area contributed by atoms with Gasteiger partial charge in [-0.15, -0.1) is 16.4 Å². The predicted molar refractivity (Wildman–Crippen MR) is 179 cm³/mol. The number of thiazole rings is 1. The molecule has 47 heavy (non-hydrogen) atoms.